The molecule has 2 aliphatic heterocycles. The van der Waals surface area contributed by atoms with Crippen LogP contribution in [0.3, 0.4) is 0 Å². The lowest BCUT2D eigenvalue weighted by Crippen LogP contribution is -2.52. The zero-order valence-corrected chi connectivity index (χ0v) is 8.68. The van der Waals surface area contributed by atoms with Crippen molar-refractivity contribution >= 4 is 10.0 Å². The van der Waals surface area contributed by atoms with Gasteiger partial charge in [-0.25, -0.2) is 13.6 Å². The van der Waals surface area contributed by atoms with Crippen molar-refractivity contribution in [2.45, 2.75) is 42.0 Å². The number of rotatable bonds is 1. The molecule has 4 aliphatic rings. The first-order chi connectivity index (χ1) is 6.45. The van der Waals surface area contributed by atoms with Crippen molar-refractivity contribution in [2.24, 2.45) is 17.0 Å². The molecule has 3 N–H and O–H groups in total. The van der Waals surface area contributed by atoms with Crippen molar-refractivity contribution in [1.82, 2.24) is 5.32 Å². The highest BCUT2D eigenvalue weighted by molar-refractivity contribution is 7.89. The molecule has 14 heavy (non-hydrogen) atoms. The third-order valence-corrected chi connectivity index (χ3v) is 6.16. The molecule has 0 aromatic rings. The predicted octanol–water partition coefficient (Wildman–Crippen LogP) is -0.442. The summed E-state index contributed by atoms with van der Waals surface area (Å²) < 4.78 is 22.8. The number of piperidine rings is 3. The largest absolute Gasteiger partial charge is 0.305 e. The molecule has 2 spiro atoms. The molecular weight excluding hydrogens is 200 g/mol. The Morgan fingerprint density at radius 2 is 1.57 bits per heavy atom. The molecule has 0 aromatic carbocycles. The molecule has 5 atom stereocenters. The van der Waals surface area contributed by atoms with Crippen molar-refractivity contribution in [3.63, 3.8) is 0 Å². The second kappa shape index (κ2) is 1.79. The van der Waals surface area contributed by atoms with Gasteiger partial charge in [0, 0.05) is 11.1 Å². The summed E-state index contributed by atoms with van der Waals surface area (Å²) in [5.41, 5.74) is 0.385. The van der Waals surface area contributed by atoms with Gasteiger partial charge in [-0.2, -0.15) is 0 Å². The number of hydrogen-bond donors (Lipinski definition) is 2. The molecule has 2 saturated carbocycles. The lowest BCUT2D eigenvalue weighted by atomic mass is 9.97. The molecule has 2 heterocycles. The highest BCUT2D eigenvalue weighted by Crippen LogP contribution is 2.74. The van der Waals surface area contributed by atoms with Crippen molar-refractivity contribution in [2.75, 3.05) is 0 Å². The van der Waals surface area contributed by atoms with E-state index in [4.69, 9.17) is 5.14 Å². The van der Waals surface area contributed by atoms with Crippen LogP contribution >= 0.6 is 0 Å². The van der Waals surface area contributed by atoms with E-state index in [-0.39, 0.29) is 16.3 Å². The lowest BCUT2D eigenvalue weighted by Gasteiger charge is -2.34. The number of sulfonamides is 1. The van der Waals surface area contributed by atoms with E-state index in [1.54, 1.807) is 0 Å². The Balaban J connectivity index is 1.76. The molecule has 5 heteroatoms. The molecule has 2 aliphatic carbocycles. The maximum atomic E-state index is 11.4. The quantitative estimate of drug-likeness (QED) is 0.621. The first-order valence-corrected chi connectivity index (χ1v) is 6.87. The summed E-state index contributed by atoms with van der Waals surface area (Å²) in [5, 5.41) is 8.66. The van der Waals surface area contributed by atoms with E-state index in [0.717, 1.165) is 24.7 Å². The van der Waals surface area contributed by atoms with Gasteiger partial charge < -0.3 is 5.32 Å². The predicted molar refractivity (Wildman–Crippen MR) is 50.9 cm³/mol. The molecule has 4 nitrogen and oxygen atoms in total. The fourth-order valence-electron chi connectivity index (χ4n) is 4.19. The minimum atomic E-state index is -3.31. The summed E-state index contributed by atoms with van der Waals surface area (Å²) in [4.78, 5) is 0. The minimum absolute atomic E-state index is 0.193. The van der Waals surface area contributed by atoms with Crippen LogP contribution in [0.2, 0.25) is 0 Å². The Hall–Kier alpha value is -0.130. The average Bonchev–Trinajstić information content (AvgIpc) is 2.87. The van der Waals surface area contributed by atoms with Gasteiger partial charge in [-0.15, -0.1) is 0 Å². The number of nitrogens with one attached hydrogen (secondary N) is 1. The normalized spacial score (nSPS) is 63.1. The van der Waals surface area contributed by atoms with Gasteiger partial charge in [-0.3, -0.25) is 0 Å². The number of nitrogens with two attached hydrogens (primary N) is 1. The Morgan fingerprint density at radius 3 is 2.00 bits per heavy atom. The van der Waals surface area contributed by atoms with E-state index in [2.05, 4.69) is 5.32 Å². The maximum absolute atomic E-state index is 11.4. The smallest absolute Gasteiger partial charge is 0.212 e. The maximum Gasteiger partial charge on any atom is 0.212 e. The first-order valence-electron chi connectivity index (χ1n) is 5.26. The Morgan fingerprint density at radius 1 is 1.07 bits per heavy atom. The van der Waals surface area contributed by atoms with Crippen LogP contribution in [0.15, 0.2) is 0 Å². The summed E-state index contributed by atoms with van der Waals surface area (Å²) in [6.45, 7) is 0. The van der Waals surface area contributed by atoms with Crippen LogP contribution in [-0.2, 0) is 10.0 Å². The zero-order chi connectivity index (χ0) is 9.77. The summed E-state index contributed by atoms with van der Waals surface area (Å²) in [6.07, 6.45) is 3.89. The van der Waals surface area contributed by atoms with Crippen LogP contribution in [-0.4, -0.2) is 24.7 Å². The minimum Gasteiger partial charge on any atom is -0.305 e. The molecule has 4 unspecified atom stereocenters. The van der Waals surface area contributed by atoms with Gasteiger partial charge in [0.25, 0.3) is 0 Å². The van der Waals surface area contributed by atoms with Crippen LogP contribution in [0, 0.1) is 11.8 Å². The molecule has 78 valence electrons. The molecule has 2 saturated heterocycles. The van der Waals surface area contributed by atoms with Gasteiger partial charge in [0.1, 0.15) is 0 Å². The monoisotopic (exact) mass is 214 g/mol. The van der Waals surface area contributed by atoms with E-state index in [9.17, 15) is 8.42 Å². The van der Waals surface area contributed by atoms with Crippen molar-refractivity contribution in [3.8, 4) is 0 Å². The molecule has 4 rings (SSSR count). The molecule has 2 bridgehead atoms. The fourth-order valence-corrected chi connectivity index (χ4v) is 5.25. The van der Waals surface area contributed by atoms with E-state index in [1.165, 1.54) is 12.8 Å². The van der Waals surface area contributed by atoms with Crippen LogP contribution < -0.4 is 10.5 Å². The number of primary sulfonamides is 1. The van der Waals surface area contributed by atoms with Crippen molar-refractivity contribution < 1.29 is 8.42 Å². The second-order valence-corrected chi connectivity index (χ2v) is 7.52. The standard InChI is InChI=1S/C9H14N2O2S/c10-14(12,13)5-1-8-3-6(8)7-4-9(7,2-5)11-8/h5-7,11H,1-4H2,(H2,10,12,13)/t5?,6-,7?,8?,9?/m1/s1. The van der Waals surface area contributed by atoms with Crippen molar-refractivity contribution in [1.29, 1.82) is 0 Å². The van der Waals surface area contributed by atoms with Crippen molar-refractivity contribution in [3.05, 3.63) is 0 Å². The molecule has 0 amide bonds. The van der Waals surface area contributed by atoms with Gasteiger partial charge in [-0.05, 0) is 37.5 Å². The third-order valence-electron chi connectivity index (χ3n) is 4.90. The van der Waals surface area contributed by atoms with E-state index in [1.807, 2.05) is 0 Å². The Labute approximate surface area is 83.3 Å². The van der Waals surface area contributed by atoms with E-state index < -0.39 is 10.0 Å². The Kier molecular flexibility index (Phi) is 1.03. The summed E-state index contributed by atoms with van der Waals surface area (Å²) in [6, 6.07) is 0. The fraction of sp³-hybridized carbons (Fsp3) is 1.00. The van der Waals surface area contributed by atoms with Crippen LogP contribution in [0.1, 0.15) is 25.7 Å². The summed E-state index contributed by atoms with van der Waals surface area (Å²) in [5.74, 6) is 1.54. The average molecular weight is 214 g/mol. The van der Waals surface area contributed by atoms with Gasteiger partial charge in [0.05, 0.1) is 5.25 Å². The Bertz CT molecular complexity index is 410. The molecule has 0 aromatic heterocycles. The molecule has 0 radical (unpaired) electrons. The number of fused-ring (bicyclic) bond motifs is 1. The summed E-state index contributed by atoms with van der Waals surface area (Å²) in [7, 11) is -3.31. The van der Waals surface area contributed by atoms with E-state index >= 15 is 0 Å². The van der Waals surface area contributed by atoms with Gasteiger partial charge >= 0.3 is 0 Å². The molecular formula is C9H14N2O2S. The van der Waals surface area contributed by atoms with Crippen LogP contribution in [0.25, 0.3) is 0 Å². The second-order valence-electron chi connectivity index (χ2n) is 5.68. The van der Waals surface area contributed by atoms with Crippen LogP contribution in [0.4, 0.5) is 0 Å². The first kappa shape index (κ1) is 8.07. The van der Waals surface area contributed by atoms with Gasteiger partial charge in [0.15, 0.2) is 0 Å². The SMILES string of the molecule is NS(=O)(=O)C1CC23CC2[C@H]2CC2(C1)N3. The van der Waals surface area contributed by atoms with Crippen LogP contribution in [0.5, 0.6) is 0 Å². The summed E-state index contributed by atoms with van der Waals surface area (Å²) >= 11 is 0. The van der Waals surface area contributed by atoms with Gasteiger partial charge in [0.2, 0.25) is 10.0 Å². The highest BCUT2D eigenvalue weighted by Gasteiger charge is 2.81. The third kappa shape index (κ3) is 0.729. The zero-order valence-electron chi connectivity index (χ0n) is 7.86. The highest BCUT2D eigenvalue weighted by atomic mass is 32.2. The topological polar surface area (TPSA) is 72.2 Å². The lowest BCUT2D eigenvalue weighted by molar-refractivity contribution is 0.311. The molecule has 4 fully saturated rings. The van der Waals surface area contributed by atoms with E-state index in [0.29, 0.717) is 0 Å². The van der Waals surface area contributed by atoms with Gasteiger partial charge in [-0.1, -0.05) is 0 Å². The number of hydrogen-bond acceptors (Lipinski definition) is 3.